The minimum Gasteiger partial charge on any atom is -0.392 e. The van der Waals surface area contributed by atoms with Crippen molar-refractivity contribution in [3.05, 3.63) is 108 Å². The third-order valence-electron chi connectivity index (χ3n) is 8.41. The molecule has 1 aliphatic heterocycles. The van der Waals surface area contributed by atoms with Gasteiger partial charge in [0.05, 0.1) is 18.8 Å². The minimum absolute atomic E-state index is 0.0108. The average Bonchev–Trinajstić information content (AvgIpc) is 3.58. The van der Waals surface area contributed by atoms with Gasteiger partial charge < -0.3 is 19.9 Å². The van der Waals surface area contributed by atoms with Gasteiger partial charge in [-0.1, -0.05) is 120 Å². The summed E-state index contributed by atoms with van der Waals surface area (Å²) in [5.74, 6) is -0.665. The number of rotatable bonds is 11. The lowest BCUT2D eigenvalue weighted by atomic mass is 9.98. The Kier molecular flexibility index (Phi) is 11.4. The first kappa shape index (κ1) is 33.0. The number of amides is 1. The molecule has 44 heavy (non-hydrogen) atoms. The number of halogens is 3. The predicted molar refractivity (Wildman–Crippen MR) is 176 cm³/mol. The molecule has 234 valence electrons. The number of alkyl halides is 3. The van der Waals surface area contributed by atoms with E-state index in [-0.39, 0.29) is 25.4 Å². The Balaban J connectivity index is 1.33. The van der Waals surface area contributed by atoms with E-state index in [4.69, 9.17) is 44.3 Å². The van der Waals surface area contributed by atoms with Crippen LogP contribution in [0, 0.1) is 0 Å². The van der Waals surface area contributed by atoms with Crippen LogP contribution in [-0.2, 0) is 27.4 Å². The van der Waals surface area contributed by atoms with Gasteiger partial charge in [-0.15, -0.1) is 6.58 Å². The van der Waals surface area contributed by atoms with Crippen molar-refractivity contribution in [2.75, 3.05) is 13.1 Å². The van der Waals surface area contributed by atoms with Gasteiger partial charge in [-0.3, -0.25) is 9.69 Å². The third kappa shape index (κ3) is 8.64. The summed E-state index contributed by atoms with van der Waals surface area (Å²) >= 11 is 17.0. The van der Waals surface area contributed by atoms with E-state index < -0.39 is 16.0 Å². The van der Waals surface area contributed by atoms with E-state index in [9.17, 15) is 9.90 Å². The second kappa shape index (κ2) is 15.2. The largest absolute Gasteiger partial charge is 0.392 e. The Bertz CT molecular complexity index is 1390. The van der Waals surface area contributed by atoms with Crippen molar-refractivity contribution in [1.29, 1.82) is 0 Å². The summed E-state index contributed by atoms with van der Waals surface area (Å²) in [5, 5.41) is 12.2. The molecule has 2 fully saturated rings. The van der Waals surface area contributed by atoms with E-state index in [2.05, 4.69) is 28.9 Å². The van der Waals surface area contributed by atoms with Gasteiger partial charge in [0.15, 0.2) is 6.29 Å². The quantitative estimate of drug-likeness (QED) is 0.163. The maximum absolute atomic E-state index is 12.0. The molecule has 0 spiro atoms. The van der Waals surface area contributed by atoms with E-state index in [0.717, 1.165) is 52.9 Å². The number of aliphatic hydroxyl groups excluding tert-OH is 1. The Labute approximate surface area is 274 Å². The summed E-state index contributed by atoms with van der Waals surface area (Å²) in [4.78, 5) is 14.5. The summed E-state index contributed by atoms with van der Waals surface area (Å²) in [7, 11) is 0. The molecule has 0 radical (unpaired) electrons. The van der Waals surface area contributed by atoms with Gasteiger partial charge in [0, 0.05) is 37.7 Å². The zero-order valence-electron chi connectivity index (χ0n) is 24.6. The van der Waals surface area contributed by atoms with Crippen LogP contribution in [0.3, 0.4) is 0 Å². The molecule has 1 amide bonds. The molecule has 3 aromatic rings. The lowest BCUT2D eigenvalue weighted by Crippen LogP contribution is -2.43. The highest BCUT2D eigenvalue weighted by molar-refractivity contribution is 6.76. The van der Waals surface area contributed by atoms with Crippen molar-refractivity contribution in [2.24, 2.45) is 0 Å². The van der Waals surface area contributed by atoms with Crippen molar-refractivity contribution in [1.82, 2.24) is 10.2 Å². The fraction of sp³-hybridized carbons (Fsp3) is 0.400. The van der Waals surface area contributed by atoms with E-state index in [0.29, 0.717) is 6.04 Å². The zero-order chi connectivity index (χ0) is 31.1. The lowest BCUT2D eigenvalue weighted by molar-refractivity contribution is -0.253. The first-order valence-corrected chi connectivity index (χ1v) is 16.3. The van der Waals surface area contributed by atoms with Crippen LogP contribution >= 0.6 is 34.8 Å². The molecule has 2 aliphatic rings. The van der Waals surface area contributed by atoms with Crippen LogP contribution < -0.4 is 5.32 Å². The molecule has 0 aromatic heterocycles. The molecule has 3 unspecified atom stereocenters. The number of carbonyl (C=O) groups is 1. The molecule has 0 bridgehead atoms. The number of ether oxygens (including phenoxy) is 2. The topological polar surface area (TPSA) is 71.0 Å². The normalized spacial score (nSPS) is 21.0. The van der Waals surface area contributed by atoms with Crippen LogP contribution in [0.25, 0.3) is 11.1 Å². The second-order valence-electron chi connectivity index (χ2n) is 11.5. The van der Waals surface area contributed by atoms with Crippen LogP contribution in [0.5, 0.6) is 0 Å². The standard InChI is InChI=1S/C35H39Cl3N2O4/c1-2-18-40(30-8-3-4-9-30)22-31-20-32(27-12-10-24(23-41)11-13-27)44-33(43-31)28-16-14-26(15-17-28)29-7-5-6-25(19-29)21-39-34(42)35(36,37)38/h2,5-7,10-17,19,30-33,41H,1,3-4,8-9,18,20-23H2,(H,39,42). The first-order valence-electron chi connectivity index (χ1n) is 15.1. The van der Waals surface area contributed by atoms with Crippen LogP contribution in [-0.4, -0.2) is 44.9 Å². The molecule has 6 nitrogen and oxygen atoms in total. The molecule has 1 saturated heterocycles. The van der Waals surface area contributed by atoms with Crippen molar-refractivity contribution in [3.63, 3.8) is 0 Å². The van der Waals surface area contributed by atoms with Crippen LogP contribution in [0.15, 0.2) is 85.5 Å². The van der Waals surface area contributed by atoms with Crippen molar-refractivity contribution in [2.45, 2.75) is 73.6 Å². The molecule has 9 heteroatoms. The maximum Gasteiger partial charge on any atom is 0.272 e. The predicted octanol–water partition coefficient (Wildman–Crippen LogP) is 7.81. The molecular weight excluding hydrogens is 619 g/mol. The highest BCUT2D eigenvalue weighted by Gasteiger charge is 2.35. The summed E-state index contributed by atoms with van der Waals surface area (Å²) in [6.07, 6.45) is 7.03. The summed E-state index contributed by atoms with van der Waals surface area (Å²) in [6, 6.07) is 24.6. The van der Waals surface area contributed by atoms with Gasteiger partial charge >= 0.3 is 0 Å². The average molecular weight is 658 g/mol. The van der Waals surface area contributed by atoms with Crippen molar-refractivity contribution < 1.29 is 19.4 Å². The van der Waals surface area contributed by atoms with Crippen molar-refractivity contribution >= 4 is 40.7 Å². The zero-order valence-corrected chi connectivity index (χ0v) is 26.9. The van der Waals surface area contributed by atoms with E-state index in [1.165, 1.54) is 25.7 Å². The molecule has 3 atom stereocenters. The maximum atomic E-state index is 12.0. The molecule has 3 aromatic carbocycles. The van der Waals surface area contributed by atoms with Gasteiger partial charge in [-0.25, -0.2) is 0 Å². The first-order chi connectivity index (χ1) is 21.2. The highest BCUT2D eigenvalue weighted by Crippen LogP contribution is 2.39. The Morgan fingerprint density at radius 3 is 2.32 bits per heavy atom. The van der Waals surface area contributed by atoms with Crippen molar-refractivity contribution in [3.8, 4) is 11.1 Å². The molecule has 5 rings (SSSR count). The Hall–Kier alpha value is -2.42. The smallest absolute Gasteiger partial charge is 0.272 e. The SMILES string of the molecule is C=CCN(CC1CC(c2ccc(CO)cc2)OC(c2ccc(-c3cccc(CNC(=O)C(Cl)(Cl)Cl)c3)cc2)O1)C1CCCC1. The Morgan fingerprint density at radius 1 is 0.955 bits per heavy atom. The summed E-state index contributed by atoms with van der Waals surface area (Å²) in [6.45, 7) is 5.93. The Morgan fingerprint density at radius 2 is 1.66 bits per heavy atom. The summed E-state index contributed by atoms with van der Waals surface area (Å²) in [5.41, 5.74) is 5.80. The van der Waals surface area contributed by atoms with E-state index >= 15 is 0 Å². The lowest BCUT2D eigenvalue weighted by Gasteiger charge is -2.39. The molecule has 1 heterocycles. The van der Waals surface area contributed by atoms with Crippen LogP contribution in [0.4, 0.5) is 0 Å². The third-order valence-corrected chi connectivity index (χ3v) is 8.93. The minimum atomic E-state index is -2.00. The van der Waals surface area contributed by atoms with Gasteiger partial charge in [-0.05, 0) is 46.7 Å². The molecule has 1 saturated carbocycles. The van der Waals surface area contributed by atoms with Crippen LogP contribution in [0.1, 0.15) is 66.8 Å². The monoisotopic (exact) mass is 656 g/mol. The van der Waals surface area contributed by atoms with Gasteiger partial charge in [0.2, 0.25) is 0 Å². The van der Waals surface area contributed by atoms with E-state index in [1.54, 1.807) is 0 Å². The summed E-state index contributed by atoms with van der Waals surface area (Å²) < 4.78 is 11.2. The molecule has 2 N–H and O–H groups in total. The number of nitrogens with one attached hydrogen (secondary N) is 1. The highest BCUT2D eigenvalue weighted by atomic mass is 35.6. The molecular formula is C35H39Cl3N2O4. The van der Waals surface area contributed by atoms with E-state index in [1.807, 2.05) is 66.7 Å². The van der Waals surface area contributed by atoms with Gasteiger partial charge in [0.1, 0.15) is 0 Å². The number of aliphatic hydroxyl groups is 1. The molecule has 1 aliphatic carbocycles. The van der Waals surface area contributed by atoms with Gasteiger partial charge in [-0.2, -0.15) is 0 Å². The second-order valence-corrected chi connectivity index (χ2v) is 13.8. The van der Waals surface area contributed by atoms with Crippen LogP contribution in [0.2, 0.25) is 0 Å². The number of hydrogen-bond acceptors (Lipinski definition) is 5. The number of nitrogens with zero attached hydrogens (tertiary/aromatic N) is 1. The number of benzene rings is 3. The fourth-order valence-corrected chi connectivity index (χ4v) is 6.28. The number of hydrogen-bond donors (Lipinski definition) is 2. The fourth-order valence-electron chi connectivity index (χ4n) is 6.08. The number of carbonyl (C=O) groups excluding carboxylic acids is 1. The van der Waals surface area contributed by atoms with Gasteiger partial charge in [0.25, 0.3) is 9.70 Å².